The van der Waals surface area contributed by atoms with Crippen LogP contribution in [0.25, 0.3) is 0 Å². The maximum absolute atomic E-state index is 15.0. The van der Waals surface area contributed by atoms with Gasteiger partial charge in [-0.3, -0.25) is 25.0 Å². The number of methoxy groups -OCH3 is 2. The Balaban J connectivity index is 1.61. The molecule has 1 aliphatic carbocycles. The molecule has 6 rings (SSSR count). The highest BCUT2D eigenvalue weighted by Gasteiger charge is 2.74. The molecule has 2 saturated heterocycles. The predicted molar refractivity (Wildman–Crippen MR) is 157 cm³/mol. The number of Topliss-reactive ketones (excluding diaryl/α,β-unsaturated/α-hetero) is 2. The summed E-state index contributed by atoms with van der Waals surface area (Å²) in [5.74, 6) is -7.19. The lowest BCUT2D eigenvalue weighted by Gasteiger charge is -2.42. The zero-order chi connectivity index (χ0) is 30.7. The van der Waals surface area contributed by atoms with Crippen molar-refractivity contribution >= 4 is 39.4 Å². The number of nitrogens with one attached hydrogen (secondary N) is 2. The average Bonchev–Trinajstić information content (AvgIpc) is 3.56. The number of ether oxygens (including phenoxy) is 2. The molecule has 1 saturated carbocycles. The van der Waals surface area contributed by atoms with Gasteiger partial charge in [-0.15, -0.1) is 0 Å². The molecule has 10 heteroatoms. The van der Waals surface area contributed by atoms with Crippen LogP contribution in [0.5, 0.6) is 0 Å². The predicted octanol–water partition coefficient (Wildman–Crippen LogP) is 4.19. The zero-order valence-electron chi connectivity index (χ0n) is 23.7. The molecule has 0 radical (unpaired) electrons. The van der Waals surface area contributed by atoms with Crippen molar-refractivity contribution in [1.29, 1.82) is 0 Å². The van der Waals surface area contributed by atoms with Gasteiger partial charge < -0.3 is 9.47 Å². The number of esters is 2. The summed E-state index contributed by atoms with van der Waals surface area (Å²) in [5, 5.41) is 6.61. The van der Waals surface area contributed by atoms with Crippen LogP contribution >= 0.6 is 15.9 Å². The van der Waals surface area contributed by atoms with E-state index in [9.17, 15) is 18.8 Å². The summed E-state index contributed by atoms with van der Waals surface area (Å²) >= 11 is 3.45. The molecule has 3 aliphatic rings. The van der Waals surface area contributed by atoms with Crippen LogP contribution in [0.1, 0.15) is 35.7 Å². The van der Waals surface area contributed by atoms with Crippen LogP contribution in [-0.2, 0) is 34.2 Å². The van der Waals surface area contributed by atoms with Gasteiger partial charge in [0.05, 0.1) is 32.0 Å². The molecule has 3 aromatic carbocycles. The number of hydrogen-bond acceptors (Lipinski definition) is 8. The first kappa shape index (κ1) is 29.3. The van der Waals surface area contributed by atoms with E-state index in [1.165, 1.54) is 32.4 Å². The number of rotatable bonds is 5. The molecule has 2 N–H and O–H groups in total. The van der Waals surface area contributed by atoms with E-state index >= 15 is 4.79 Å². The first-order valence-electron chi connectivity index (χ1n) is 13.9. The van der Waals surface area contributed by atoms with E-state index in [1.54, 1.807) is 43.3 Å². The van der Waals surface area contributed by atoms with Gasteiger partial charge >= 0.3 is 11.9 Å². The van der Waals surface area contributed by atoms with E-state index in [4.69, 9.17) is 9.47 Å². The van der Waals surface area contributed by atoms with Gasteiger partial charge in [-0.25, -0.2) is 9.18 Å². The number of carbonyl (C=O) groups excluding carboxylic acids is 4. The summed E-state index contributed by atoms with van der Waals surface area (Å²) in [6.07, 6.45) is 0. The van der Waals surface area contributed by atoms with Crippen molar-refractivity contribution in [2.45, 2.75) is 30.1 Å². The molecule has 3 fully saturated rings. The third kappa shape index (κ3) is 4.29. The third-order valence-electron chi connectivity index (χ3n) is 9.42. The Morgan fingerprint density at radius 2 is 1.37 bits per heavy atom. The number of carbonyl (C=O) groups is 4. The summed E-state index contributed by atoms with van der Waals surface area (Å²) in [5.41, 5.74) is -1.75. The molecule has 0 spiro atoms. The van der Waals surface area contributed by atoms with Gasteiger partial charge in [0, 0.05) is 22.5 Å². The smallest absolute Gasteiger partial charge is 0.331 e. The molecule has 2 heterocycles. The van der Waals surface area contributed by atoms with Crippen LogP contribution in [0.15, 0.2) is 83.3 Å². The maximum Gasteiger partial charge on any atom is 0.331 e. The molecule has 222 valence electrons. The topological polar surface area (TPSA) is 111 Å². The Morgan fingerprint density at radius 3 is 2.00 bits per heavy atom. The molecule has 2 aliphatic heterocycles. The fourth-order valence-electron chi connectivity index (χ4n) is 7.64. The molecule has 0 unspecified atom stereocenters. The van der Waals surface area contributed by atoms with Crippen molar-refractivity contribution in [3.8, 4) is 0 Å². The van der Waals surface area contributed by atoms with Crippen LogP contribution in [-0.4, -0.2) is 43.3 Å². The summed E-state index contributed by atoms with van der Waals surface area (Å²) in [6.45, 7) is 1.54. The largest absolute Gasteiger partial charge is 0.468 e. The van der Waals surface area contributed by atoms with Gasteiger partial charge in [-0.2, -0.15) is 0 Å². The quantitative estimate of drug-likeness (QED) is 0.396. The molecule has 3 aromatic rings. The van der Waals surface area contributed by atoms with Gasteiger partial charge in [0.15, 0.2) is 5.54 Å². The minimum atomic E-state index is -1.72. The second-order valence-corrected chi connectivity index (χ2v) is 12.4. The van der Waals surface area contributed by atoms with E-state index < -0.39 is 70.4 Å². The van der Waals surface area contributed by atoms with Crippen LogP contribution in [0.4, 0.5) is 4.39 Å². The van der Waals surface area contributed by atoms with Gasteiger partial charge in [0.25, 0.3) is 0 Å². The molecular weight excluding hydrogens is 619 g/mol. The molecule has 8 nitrogen and oxygen atoms in total. The normalized spacial score (nSPS) is 33.0. The molecule has 8 atom stereocenters. The van der Waals surface area contributed by atoms with Crippen molar-refractivity contribution in [3.05, 3.63) is 106 Å². The zero-order valence-corrected chi connectivity index (χ0v) is 25.3. The number of benzene rings is 3. The Morgan fingerprint density at radius 1 is 0.767 bits per heavy atom. The lowest BCUT2D eigenvalue weighted by molar-refractivity contribution is -0.161. The SMILES string of the molecule is COC(=O)[C@]1(C)N[C@H](c2cccc(F)c2)[C@@H]2C(=O)[C@@H]3[C@H](C(=O)[C@@H]21)[C@H](c1ccc(Br)cc1)N[C@@]3(C(=O)OC)c1ccccc1. The van der Waals surface area contributed by atoms with Gasteiger partial charge in [-0.1, -0.05) is 70.5 Å². The lowest BCUT2D eigenvalue weighted by Crippen LogP contribution is -2.60. The van der Waals surface area contributed by atoms with Gasteiger partial charge in [0.1, 0.15) is 22.9 Å². The summed E-state index contributed by atoms with van der Waals surface area (Å²) in [4.78, 5) is 57.3. The van der Waals surface area contributed by atoms with Crippen molar-refractivity contribution < 1.29 is 33.0 Å². The Kier molecular flexibility index (Phi) is 7.35. The molecule has 0 amide bonds. The minimum absolute atomic E-state index is 0.365. The van der Waals surface area contributed by atoms with Crippen molar-refractivity contribution in [3.63, 3.8) is 0 Å². The maximum atomic E-state index is 15.0. The van der Waals surface area contributed by atoms with Crippen LogP contribution < -0.4 is 10.6 Å². The summed E-state index contributed by atoms with van der Waals surface area (Å²) in [6, 6.07) is 20.1. The van der Waals surface area contributed by atoms with Crippen molar-refractivity contribution in [2.24, 2.45) is 23.7 Å². The Hall–Kier alpha value is -3.73. The molecule has 0 aromatic heterocycles. The van der Waals surface area contributed by atoms with Crippen LogP contribution in [0.2, 0.25) is 0 Å². The minimum Gasteiger partial charge on any atom is -0.468 e. The Bertz CT molecular complexity index is 1620. The standard InChI is InChI=1S/C33H30BrFN2O6/c1-32(30(40)42-2)24-22(27(36-32)18-8-7-11-21(35)16-18)29(39)25-23(28(24)38)26(17-12-14-20(34)15-13-17)37-33(25,31(41)43-3)19-9-5-4-6-10-19/h4-16,22-27,36-37H,1-3H3/t22-,23+,24-,25+,26+,27-,32-,33+/m1/s1. The average molecular weight is 650 g/mol. The summed E-state index contributed by atoms with van der Waals surface area (Å²) in [7, 11) is 2.47. The highest BCUT2D eigenvalue weighted by Crippen LogP contribution is 2.59. The van der Waals surface area contributed by atoms with Crippen LogP contribution in [0.3, 0.4) is 0 Å². The van der Waals surface area contributed by atoms with E-state index in [1.807, 2.05) is 24.3 Å². The van der Waals surface area contributed by atoms with E-state index in [-0.39, 0.29) is 5.78 Å². The van der Waals surface area contributed by atoms with Crippen molar-refractivity contribution in [2.75, 3.05) is 14.2 Å². The highest BCUT2D eigenvalue weighted by atomic mass is 79.9. The second kappa shape index (κ2) is 10.8. The van der Waals surface area contributed by atoms with Gasteiger partial charge in [-0.05, 0) is 47.9 Å². The number of halogens is 2. The van der Waals surface area contributed by atoms with E-state index in [0.29, 0.717) is 16.7 Å². The fraction of sp³-hybridized carbons (Fsp3) is 0.333. The van der Waals surface area contributed by atoms with E-state index in [2.05, 4.69) is 26.6 Å². The lowest BCUT2D eigenvalue weighted by atomic mass is 9.57. The first-order chi connectivity index (χ1) is 20.6. The molecule has 43 heavy (non-hydrogen) atoms. The third-order valence-corrected chi connectivity index (χ3v) is 9.95. The van der Waals surface area contributed by atoms with E-state index in [0.717, 1.165) is 4.47 Å². The Labute approximate surface area is 256 Å². The summed E-state index contributed by atoms with van der Waals surface area (Å²) < 4.78 is 25.8. The fourth-order valence-corrected chi connectivity index (χ4v) is 7.91. The number of hydrogen-bond donors (Lipinski definition) is 2. The van der Waals surface area contributed by atoms with Crippen LogP contribution in [0, 0.1) is 29.5 Å². The monoisotopic (exact) mass is 648 g/mol. The van der Waals surface area contributed by atoms with Gasteiger partial charge in [0.2, 0.25) is 0 Å². The molecule has 0 bridgehead atoms. The number of ketones is 2. The first-order valence-corrected chi connectivity index (χ1v) is 14.7. The molecular formula is C33H30BrFN2O6. The highest BCUT2D eigenvalue weighted by molar-refractivity contribution is 9.10. The second-order valence-electron chi connectivity index (χ2n) is 11.5. The van der Waals surface area contributed by atoms with Crippen molar-refractivity contribution in [1.82, 2.24) is 10.6 Å². The number of fused-ring (bicyclic) bond motifs is 2.